The topological polar surface area (TPSA) is 26.3 Å². The molecule has 6 heavy (non-hydrogen) atoms. The summed E-state index contributed by atoms with van der Waals surface area (Å²) in [5, 5.41) is 0. The Morgan fingerprint density at radius 3 is 2.50 bits per heavy atom. The van der Waals surface area contributed by atoms with Gasteiger partial charge in [0.25, 0.3) is 0 Å². The normalized spacial score (nSPS) is 7.50. The minimum Gasteiger partial charge on any atom is -1.00 e. The molecule has 0 N–H and O–H groups in total. The molecule has 0 bridgehead atoms. The van der Waals surface area contributed by atoms with E-state index in [1.165, 1.54) is 0 Å². The zero-order valence-electron chi connectivity index (χ0n) is 4.97. The Bertz CT molecular complexity index is 36.9. The summed E-state index contributed by atoms with van der Waals surface area (Å²) in [7, 11) is -0.220. The fraction of sp³-hybridized carbons (Fsp3) is 1.00. The number of hydrogen-bond acceptors (Lipinski definition) is 2. The van der Waals surface area contributed by atoms with Gasteiger partial charge >= 0.3 is 38.2 Å². The van der Waals surface area contributed by atoms with Crippen molar-refractivity contribution in [2.75, 3.05) is 6.61 Å². The van der Waals surface area contributed by atoms with Crippen LogP contribution in [0.2, 0.25) is 0 Å². The molecule has 0 saturated carbocycles. The van der Waals surface area contributed by atoms with E-state index in [0.29, 0.717) is 6.61 Å². The van der Waals surface area contributed by atoms with Crippen molar-refractivity contribution in [3.63, 3.8) is 0 Å². The molecule has 0 aromatic heterocycles. The summed E-state index contributed by atoms with van der Waals surface area (Å²) < 4.78 is 13.5. The van der Waals surface area contributed by atoms with Crippen LogP contribution >= 0.6 is 8.69 Å². The first-order valence-electron chi connectivity index (χ1n) is 1.36. The standard InChI is InChI=1S/C2H5O2P.Na.H/c1-2-4-5-3;;/h2H2,1H3;;/q;+1;-1. The molecule has 0 saturated heterocycles. The second-order valence-corrected chi connectivity index (χ2v) is 0.900. The third kappa shape index (κ3) is 8.91. The van der Waals surface area contributed by atoms with Crippen molar-refractivity contribution in [3.05, 3.63) is 0 Å². The van der Waals surface area contributed by atoms with E-state index in [2.05, 4.69) is 4.52 Å². The Hall–Kier alpha value is 1.06. The van der Waals surface area contributed by atoms with E-state index >= 15 is 0 Å². The van der Waals surface area contributed by atoms with E-state index in [1.807, 2.05) is 0 Å². The molecule has 0 aliphatic carbocycles. The molecular formula is C2H6NaO2P. The average molecular weight is 116 g/mol. The van der Waals surface area contributed by atoms with Gasteiger partial charge in [-0.05, 0) is 6.92 Å². The van der Waals surface area contributed by atoms with Crippen LogP contribution in [-0.4, -0.2) is 6.61 Å². The molecule has 0 aromatic rings. The first-order valence-corrected chi connectivity index (χ1v) is 2.09. The molecule has 0 atom stereocenters. The van der Waals surface area contributed by atoms with Gasteiger partial charge in [0.05, 0.1) is 6.61 Å². The summed E-state index contributed by atoms with van der Waals surface area (Å²) in [6.45, 7) is 2.30. The predicted molar refractivity (Wildman–Crippen MR) is 20.3 cm³/mol. The van der Waals surface area contributed by atoms with Crippen molar-refractivity contribution in [3.8, 4) is 0 Å². The zero-order valence-corrected chi connectivity index (χ0v) is 6.87. The maximum Gasteiger partial charge on any atom is 1.00 e. The molecule has 0 aliphatic heterocycles. The molecule has 0 aromatic carbocycles. The molecule has 0 unspecified atom stereocenters. The summed E-state index contributed by atoms with van der Waals surface area (Å²) >= 11 is 0. The van der Waals surface area contributed by atoms with Crippen LogP contribution in [0.5, 0.6) is 0 Å². The molecule has 0 heterocycles. The quantitative estimate of drug-likeness (QED) is 0.319. The van der Waals surface area contributed by atoms with E-state index in [1.54, 1.807) is 6.92 Å². The smallest absolute Gasteiger partial charge is 1.00 e. The van der Waals surface area contributed by atoms with E-state index < -0.39 is 0 Å². The Kier molecular flexibility index (Phi) is 15.9. The Morgan fingerprint density at radius 1 is 2.00 bits per heavy atom. The van der Waals surface area contributed by atoms with Gasteiger partial charge in [-0.1, -0.05) is 0 Å². The van der Waals surface area contributed by atoms with Crippen LogP contribution in [-0.2, 0) is 9.09 Å². The van der Waals surface area contributed by atoms with Crippen molar-refractivity contribution < 1.29 is 40.1 Å². The first-order chi connectivity index (χ1) is 2.41. The average Bonchev–Trinajstić information content (AvgIpc) is 1.41. The van der Waals surface area contributed by atoms with Gasteiger partial charge in [-0.3, -0.25) is 4.52 Å². The largest absolute Gasteiger partial charge is 1.00 e. The number of hydrogen-bond donors (Lipinski definition) is 0. The molecule has 0 rings (SSSR count). The molecular weight excluding hydrogens is 110 g/mol. The van der Waals surface area contributed by atoms with Crippen molar-refractivity contribution >= 4 is 8.69 Å². The van der Waals surface area contributed by atoms with E-state index in [9.17, 15) is 4.57 Å². The minimum absolute atomic E-state index is 0. The zero-order chi connectivity index (χ0) is 4.12. The van der Waals surface area contributed by atoms with Crippen molar-refractivity contribution in [1.29, 1.82) is 0 Å². The van der Waals surface area contributed by atoms with Crippen LogP contribution in [0.25, 0.3) is 0 Å². The third-order valence-corrected chi connectivity index (χ3v) is 0.545. The second kappa shape index (κ2) is 9.41. The predicted octanol–water partition coefficient (Wildman–Crippen LogP) is -1.65. The Morgan fingerprint density at radius 2 is 2.50 bits per heavy atom. The molecule has 0 radical (unpaired) electrons. The van der Waals surface area contributed by atoms with Crippen LogP contribution < -0.4 is 29.6 Å². The van der Waals surface area contributed by atoms with Crippen LogP contribution in [0.15, 0.2) is 0 Å². The van der Waals surface area contributed by atoms with E-state index in [0.717, 1.165) is 0 Å². The van der Waals surface area contributed by atoms with Gasteiger partial charge in [0, 0.05) is 0 Å². The summed E-state index contributed by atoms with van der Waals surface area (Å²) in [5.74, 6) is 0. The van der Waals surface area contributed by atoms with Gasteiger partial charge in [0.1, 0.15) is 0 Å². The van der Waals surface area contributed by atoms with Gasteiger partial charge in [-0.15, -0.1) is 0 Å². The van der Waals surface area contributed by atoms with Crippen molar-refractivity contribution in [1.82, 2.24) is 0 Å². The Labute approximate surface area is 62.3 Å². The maximum absolute atomic E-state index is 9.28. The summed E-state index contributed by atoms with van der Waals surface area (Å²) in [4.78, 5) is 0. The monoisotopic (exact) mass is 116 g/mol. The fourth-order valence-corrected chi connectivity index (χ4v) is 0.158. The summed E-state index contributed by atoms with van der Waals surface area (Å²) in [6.07, 6.45) is 0. The fourth-order valence-electron chi connectivity index (χ4n) is 0.0527. The first kappa shape index (κ1) is 10.1. The molecule has 0 spiro atoms. The van der Waals surface area contributed by atoms with Gasteiger partial charge in [0.2, 0.25) is 0 Å². The maximum atomic E-state index is 9.28. The minimum atomic E-state index is -0.220. The third-order valence-electron chi connectivity index (χ3n) is 0.182. The molecule has 0 aliphatic rings. The molecule has 4 heteroatoms. The number of rotatable bonds is 2. The molecule has 2 nitrogen and oxygen atoms in total. The van der Waals surface area contributed by atoms with Crippen LogP contribution in [0.4, 0.5) is 0 Å². The molecule has 32 valence electrons. The molecule has 0 amide bonds. The van der Waals surface area contributed by atoms with Gasteiger partial charge in [0.15, 0.2) is 0 Å². The van der Waals surface area contributed by atoms with Crippen molar-refractivity contribution in [2.24, 2.45) is 0 Å². The SMILES string of the molecule is CCOP=O.[H-].[Na+]. The van der Waals surface area contributed by atoms with Gasteiger partial charge in [-0.25, -0.2) is 4.57 Å². The van der Waals surface area contributed by atoms with Crippen LogP contribution in [0, 0.1) is 0 Å². The summed E-state index contributed by atoms with van der Waals surface area (Å²) in [6, 6.07) is 0. The van der Waals surface area contributed by atoms with Crippen LogP contribution in [0.3, 0.4) is 0 Å². The van der Waals surface area contributed by atoms with Gasteiger partial charge in [-0.2, -0.15) is 0 Å². The van der Waals surface area contributed by atoms with Crippen molar-refractivity contribution in [2.45, 2.75) is 6.92 Å². The van der Waals surface area contributed by atoms with Crippen LogP contribution in [0.1, 0.15) is 8.35 Å². The van der Waals surface area contributed by atoms with E-state index in [-0.39, 0.29) is 39.7 Å². The van der Waals surface area contributed by atoms with Gasteiger partial charge < -0.3 is 1.43 Å². The van der Waals surface area contributed by atoms with E-state index in [4.69, 9.17) is 0 Å². The summed E-state index contributed by atoms with van der Waals surface area (Å²) in [5.41, 5.74) is 0. The second-order valence-electron chi connectivity index (χ2n) is 0.492. The Balaban J connectivity index is -0.0000000800. The molecule has 0 fully saturated rings.